The van der Waals surface area contributed by atoms with E-state index in [1.165, 1.54) is 0 Å². The second-order valence-electron chi connectivity index (χ2n) is 5.26. The lowest BCUT2D eigenvalue weighted by Gasteiger charge is -2.32. The summed E-state index contributed by atoms with van der Waals surface area (Å²) in [5.41, 5.74) is 6.77. The van der Waals surface area contributed by atoms with E-state index in [2.05, 4.69) is 29.0 Å². The van der Waals surface area contributed by atoms with Gasteiger partial charge in [0.2, 0.25) is 0 Å². The second-order valence-corrected chi connectivity index (χ2v) is 5.26. The highest BCUT2D eigenvalue weighted by Gasteiger charge is 2.21. The Kier molecular flexibility index (Phi) is 5.79. The molecular formula is C17H23N3O. The van der Waals surface area contributed by atoms with Crippen LogP contribution in [0.1, 0.15) is 35.7 Å². The van der Waals surface area contributed by atoms with Gasteiger partial charge in [0.25, 0.3) is 5.91 Å². The van der Waals surface area contributed by atoms with Crippen LogP contribution in [-0.4, -0.2) is 43.0 Å². The molecule has 1 fully saturated rings. The molecular weight excluding hydrogens is 262 g/mol. The smallest absolute Gasteiger partial charge is 0.252 e. The monoisotopic (exact) mass is 285 g/mol. The van der Waals surface area contributed by atoms with Crippen LogP contribution in [0.2, 0.25) is 0 Å². The van der Waals surface area contributed by atoms with E-state index in [9.17, 15) is 4.79 Å². The Morgan fingerprint density at radius 3 is 3.05 bits per heavy atom. The largest absolute Gasteiger partial charge is 0.348 e. The lowest BCUT2D eigenvalue weighted by atomic mass is 10.0. The number of hydrogen-bond donors (Lipinski definition) is 2. The molecule has 1 saturated heterocycles. The van der Waals surface area contributed by atoms with Crippen LogP contribution in [-0.2, 0) is 0 Å². The van der Waals surface area contributed by atoms with Crippen LogP contribution in [0.25, 0.3) is 0 Å². The van der Waals surface area contributed by atoms with Crippen molar-refractivity contribution in [2.75, 3.05) is 26.2 Å². The zero-order valence-corrected chi connectivity index (χ0v) is 12.6. The lowest BCUT2D eigenvalue weighted by Crippen LogP contribution is -2.47. The van der Waals surface area contributed by atoms with Gasteiger partial charge in [0.1, 0.15) is 0 Å². The summed E-state index contributed by atoms with van der Waals surface area (Å²) in [6.45, 7) is 5.54. The molecule has 1 aromatic carbocycles. The highest BCUT2D eigenvalue weighted by Crippen LogP contribution is 2.12. The molecule has 2 rings (SSSR count). The van der Waals surface area contributed by atoms with Gasteiger partial charge in [-0.05, 0) is 38.1 Å². The van der Waals surface area contributed by atoms with Gasteiger partial charge in [-0.1, -0.05) is 30.9 Å². The van der Waals surface area contributed by atoms with Gasteiger partial charge in [0.15, 0.2) is 0 Å². The van der Waals surface area contributed by atoms with E-state index in [1.807, 2.05) is 24.3 Å². The summed E-state index contributed by atoms with van der Waals surface area (Å²) in [6, 6.07) is 7.65. The van der Waals surface area contributed by atoms with Crippen LogP contribution in [0.5, 0.6) is 0 Å². The molecule has 0 saturated carbocycles. The number of piperidine rings is 1. The van der Waals surface area contributed by atoms with Gasteiger partial charge in [0, 0.05) is 18.2 Å². The molecule has 1 aliphatic rings. The van der Waals surface area contributed by atoms with E-state index in [0.717, 1.165) is 38.0 Å². The first-order chi connectivity index (χ1) is 10.2. The van der Waals surface area contributed by atoms with Crippen LogP contribution < -0.4 is 11.1 Å². The molecule has 4 nitrogen and oxygen atoms in total. The molecule has 0 spiro atoms. The van der Waals surface area contributed by atoms with E-state index in [1.54, 1.807) is 0 Å². The van der Waals surface area contributed by atoms with E-state index < -0.39 is 0 Å². The number of amides is 1. The van der Waals surface area contributed by atoms with Gasteiger partial charge in [-0.3, -0.25) is 4.79 Å². The fraction of sp³-hybridized carbons (Fsp3) is 0.471. The summed E-state index contributed by atoms with van der Waals surface area (Å²) in [5.74, 6) is 5.73. The Morgan fingerprint density at radius 1 is 1.48 bits per heavy atom. The number of nitrogens with zero attached hydrogens (tertiary/aromatic N) is 1. The van der Waals surface area contributed by atoms with Crippen LogP contribution in [0.3, 0.4) is 0 Å². The summed E-state index contributed by atoms with van der Waals surface area (Å²) in [5, 5.41) is 3.14. The van der Waals surface area contributed by atoms with Crippen molar-refractivity contribution >= 4 is 5.91 Å². The predicted molar refractivity (Wildman–Crippen MR) is 85.0 cm³/mol. The molecule has 1 unspecified atom stereocenters. The van der Waals surface area contributed by atoms with Gasteiger partial charge < -0.3 is 16.0 Å². The SMILES string of the molecule is CCN1CCCC(NC(=O)c2ccccc2C#CCN)C1. The van der Waals surface area contributed by atoms with Crippen molar-refractivity contribution in [2.45, 2.75) is 25.8 Å². The Labute approximate surface area is 126 Å². The van der Waals surface area contributed by atoms with E-state index in [4.69, 9.17) is 5.73 Å². The van der Waals surface area contributed by atoms with Gasteiger partial charge in [-0.15, -0.1) is 0 Å². The quantitative estimate of drug-likeness (QED) is 0.821. The van der Waals surface area contributed by atoms with Gasteiger partial charge in [-0.2, -0.15) is 0 Å². The summed E-state index contributed by atoms with van der Waals surface area (Å²) < 4.78 is 0. The number of nitrogens with one attached hydrogen (secondary N) is 1. The number of likely N-dealkylation sites (tertiary alicyclic amines) is 1. The number of carbonyl (C=O) groups is 1. The molecule has 0 aliphatic carbocycles. The fourth-order valence-electron chi connectivity index (χ4n) is 2.66. The minimum Gasteiger partial charge on any atom is -0.348 e. The summed E-state index contributed by atoms with van der Waals surface area (Å²) in [4.78, 5) is 14.8. The normalized spacial score (nSPS) is 18.7. The highest BCUT2D eigenvalue weighted by molar-refractivity contribution is 5.96. The minimum absolute atomic E-state index is 0.0418. The van der Waals surface area contributed by atoms with Crippen molar-refractivity contribution in [3.05, 3.63) is 35.4 Å². The van der Waals surface area contributed by atoms with Gasteiger partial charge >= 0.3 is 0 Å². The van der Waals surface area contributed by atoms with Crippen molar-refractivity contribution in [3.8, 4) is 11.8 Å². The first-order valence-corrected chi connectivity index (χ1v) is 7.55. The van der Waals surface area contributed by atoms with Crippen molar-refractivity contribution in [1.29, 1.82) is 0 Å². The maximum Gasteiger partial charge on any atom is 0.252 e. The minimum atomic E-state index is -0.0418. The first kappa shape index (κ1) is 15.6. The molecule has 1 amide bonds. The number of hydrogen-bond acceptors (Lipinski definition) is 3. The standard InChI is InChI=1S/C17H23N3O/c1-2-20-12-6-9-15(13-20)19-17(21)16-10-4-3-7-14(16)8-5-11-18/h3-4,7,10,15H,2,6,9,11-13,18H2,1H3,(H,19,21). The number of nitrogens with two attached hydrogens (primary N) is 1. The third-order valence-corrected chi connectivity index (χ3v) is 3.78. The third kappa shape index (κ3) is 4.32. The van der Waals surface area contributed by atoms with Crippen LogP contribution in [0.15, 0.2) is 24.3 Å². The van der Waals surface area contributed by atoms with E-state index in [0.29, 0.717) is 12.1 Å². The maximum absolute atomic E-state index is 12.5. The first-order valence-electron chi connectivity index (χ1n) is 7.55. The molecule has 0 radical (unpaired) electrons. The van der Waals surface area contributed by atoms with Gasteiger partial charge in [-0.25, -0.2) is 0 Å². The highest BCUT2D eigenvalue weighted by atomic mass is 16.1. The summed E-state index contributed by atoms with van der Waals surface area (Å²) in [7, 11) is 0. The molecule has 1 atom stereocenters. The van der Waals surface area contributed by atoms with Crippen LogP contribution >= 0.6 is 0 Å². The third-order valence-electron chi connectivity index (χ3n) is 3.78. The number of carbonyl (C=O) groups excluding carboxylic acids is 1. The molecule has 1 aliphatic heterocycles. The van der Waals surface area contributed by atoms with Crippen molar-refractivity contribution < 1.29 is 4.79 Å². The fourth-order valence-corrected chi connectivity index (χ4v) is 2.66. The molecule has 0 bridgehead atoms. The topological polar surface area (TPSA) is 58.4 Å². The molecule has 0 aromatic heterocycles. The van der Waals surface area contributed by atoms with Crippen molar-refractivity contribution in [2.24, 2.45) is 5.73 Å². The van der Waals surface area contributed by atoms with Crippen molar-refractivity contribution in [1.82, 2.24) is 10.2 Å². The maximum atomic E-state index is 12.5. The van der Waals surface area contributed by atoms with E-state index in [-0.39, 0.29) is 11.9 Å². The Hall–Kier alpha value is -1.83. The molecule has 4 heteroatoms. The van der Waals surface area contributed by atoms with E-state index >= 15 is 0 Å². The second kappa shape index (κ2) is 7.82. The summed E-state index contributed by atoms with van der Waals surface area (Å²) >= 11 is 0. The Balaban J connectivity index is 2.06. The summed E-state index contributed by atoms with van der Waals surface area (Å²) in [6.07, 6.45) is 2.17. The number of benzene rings is 1. The zero-order chi connectivity index (χ0) is 15.1. The van der Waals surface area contributed by atoms with Crippen LogP contribution in [0.4, 0.5) is 0 Å². The van der Waals surface area contributed by atoms with Crippen LogP contribution in [0, 0.1) is 11.8 Å². The zero-order valence-electron chi connectivity index (χ0n) is 12.6. The Morgan fingerprint density at radius 2 is 2.29 bits per heavy atom. The van der Waals surface area contributed by atoms with Crippen molar-refractivity contribution in [3.63, 3.8) is 0 Å². The molecule has 21 heavy (non-hydrogen) atoms. The molecule has 112 valence electrons. The average molecular weight is 285 g/mol. The molecule has 1 aromatic rings. The lowest BCUT2D eigenvalue weighted by molar-refractivity contribution is 0.0905. The molecule has 3 N–H and O–H groups in total. The average Bonchev–Trinajstić information content (AvgIpc) is 2.53. The predicted octanol–water partition coefficient (Wildman–Crippen LogP) is 1.21. The molecule has 1 heterocycles. The number of likely N-dealkylation sites (N-methyl/N-ethyl adjacent to an activating group) is 1. The Bertz CT molecular complexity index is 544. The number of rotatable bonds is 3. The van der Waals surface area contributed by atoms with Gasteiger partial charge in [0.05, 0.1) is 12.1 Å².